The molecular formula is C27H39N3O4. The Morgan fingerprint density at radius 2 is 1.82 bits per heavy atom. The summed E-state index contributed by atoms with van der Waals surface area (Å²) in [6.07, 6.45) is 1.43. The maximum Gasteiger partial charge on any atom is 0.224 e. The molecule has 1 atom stereocenters. The van der Waals surface area contributed by atoms with E-state index in [0.29, 0.717) is 19.5 Å². The molecule has 1 unspecified atom stereocenters. The van der Waals surface area contributed by atoms with E-state index >= 15 is 0 Å². The topological polar surface area (TPSA) is 94.1 Å². The Balaban J connectivity index is 1.41. The molecule has 1 fully saturated rings. The van der Waals surface area contributed by atoms with Gasteiger partial charge in [0.05, 0.1) is 25.7 Å². The van der Waals surface area contributed by atoms with Gasteiger partial charge in [-0.2, -0.15) is 0 Å². The van der Waals surface area contributed by atoms with E-state index in [1.165, 1.54) is 0 Å². The van der Waals surface area contributed by atoms with Gasteiger partial charge in [0.25, 0.3) is 0 Å². The highest BCUT2D eigenvalue weighted by atomic mass is 16.5. The number of morpholine rings is 1. The first-order chi connectivity index (χ1) is 16.3. The first kappa shape index (κ1) is 26.2. The molecular weight excluding hydrogens is 430 g/mol. The summed E-state index contributed by atoms with van der Waals surface area (Å²) in [6, 6.07) is 14.8. The van der Waals surface area contributed by atoms with Gasteiger partial charge in [-0.25, -0.2) is 0 Å². The van der Waals surface area contributed by atoms with Gasteiger partial charge in [0.15, 0.2) is 0 Å². The predicted octanol–water partition coefficient (Wildman–Crippen LogP) is 2.42. The van der Waals surface area contributed by atoms with Crippen LogP contribution in [0.1, 0.15) is 43.1 Å². The van der Waals surface area contributed by atoms with Crippen LogP contribution in [0.5, 0.6) is 5.75 Å². The molecule has 0 saturated carbocycles. The zero-order valence-electron chi connectivity index (χ0n) is 20.4. The molecule has 1 amide bonds. The number of hydrogen-bond acceptors (Lipinski definition) is 6. The van der Waals surface area contributed by atoms with Crippen LogP contribution in [0, 0.1) is 0 Å². The third kappa shape index (κ3) is 9.06. The molecule has 3 rings (SSSR count). The number of carbonyl (C=O) groups excluding carboxylic acids is 1. The van der Waals surface area contributed by atoms with Crippen molar-refractivity contribution in [2.24, 2.45) is 0 Å². The van der Waals surface area contributed by atoms with Gasteiger partial charge in [0, 0.05) is 31.7 Å². The lowest BCUT2D eigenvalue weighted by Gasteiger charge is -2.28. The zero-order chi connectivity index (χ0) is 24.4. The smallest absolute Gasteiger partial charge is 0.224 e. The Morgan fingerprint density at radius 3 is 2.56 bits per heavy atom. The fourth-order valence-electron chi connectivity index (χ4n) is 4.21. The van der Waals surface area contributed by atoms with Crippen LogP contribution >= 0.6 is 0 Å². The van der Waals surface area contributed by atoms with Crippen LogP contribution in [-0.4, -0.2) is 72.5 Å². The van der Waals surface area contributed by atoms with Crippen molar-refractivity contribution in [2.45, 2.75) is 44.8 Å². The summed E-state index contributed by atoms with van der Waals surface area (Å²) >= 11 is 0. The average Bonchev–Trinajstić information content (AvgIpc) is 2.81. The van der Waals surface area contributed by atoms with Gasteiger partial charge in [0.2, 0.25) is 5.91 Å². The number of hydrogen-bond donors (Lipinski definition) is 4. The fourth-order valence-corrected chi connectivity index (χ4v) is 4.21. The molecule has 7 nitrogen and oxygen atoms in total. The van der Waals surface area contributed by atoms with Crippen LogP contribution in [0.25, 0.3) is 0 Å². The van der Waals surface area contributed by atoms with E-state index in [4.69, 9.17) is 4.74 Å². The monoisotopic (exact) mass is 469 g/mol. The molecule has 34 heavy (non-hydrogen) atoms. The maximum atomic E-state index is 12.4. The second-order valence-corrected chi connectivity index (χ2v) is 9.70. The van der Waals surface area contributed by atoms with Crippen molar-refractivity contribution >= 4 is 5.91 Å². The lowest BCUT2D eigenvalue weighted by Crippen LogP contribution is -2.43. The summed E-state index contributed by atoms with van der Waals surface area (Å²) < 4.78 is 5.36. The number of benzene rings is 2. The summed E-state index contributed by atoms with van der Waals surface area (Å²) in [5, 5.41) is 26.3. The van der Waals surface area contributed by atoms with Gasteiger partial charge in [-0.05, 0) is 62.1 Å². The molecule has 0 bridgehead atoms. The Hall–Kier alpha value is -2.45. The van der Waals surface area contributed by atoms with Gasteiger partial charge in [-0.3, -0.25) is 9.69 Å². The van der Waals surface area contributed by atoms with Crippen LogP contribution in [-0.2, 0) is 22.4 Å². The molecule has 2 aromatic rings. The quantitative estimate of drug-likeness (QED) is 0.357. The van der Waals surface area contributed by atoms with E-state index in [9.17, 15) is 15.0 Å². The number of aromatic hydroxyl groups is 1. The normalized spacial score (nSPS) is 15.7. The number of rotatable bonds is 12. The molecule has 186 valence electrons. The van der Waals surface area contributed by atoms with Crippen molar-refractivity contribution in [1.29, 1.82) is 0 Å². The Morgan fingerprint density at radius 1 is 1.12 bits per heavy atom. The molecule has 0 spiro atoms. The van der Waals surface area contributed by atoms with E-state index in [1.54, 1.807) is 24.3 Å². The number of ether oxygens (including phenoxy) is 1. The molecule has 7 heteroatoms. The van der Waals surface area contributed by atoms with Crippen LogP contribution in [0.3, 0.4) is 0 Å². The first-order valence-electron chi connectivity index (χ1n) is 12.2. The minimum absolute atomic E-state index is 0.0496. The number of phenols is 1. The average molecular weight is 470 g/mol. The summed E-state index contributed by atoms with van der Waals surface area (Å²) in [4.78, 5) is 14.8. The molecule has 1 saturated heterocycles. The van der Waals surface area contributed by atoms with Crippen molar-refractivity contribution in [1.82, 2.24) is 15.5 Å². The minimum Gasteiger partial charge on any atom is -0.508 e. The SMILES string of the molecule is CC(C)(Cc1cccc(CC(=O)NCCCN2CCOCC2)c1)NCC(O)c1ccc(O)cc1. The van der Waals surface area contributed by atoms with E-state index in [0.717, 1.165) is 62.4 Å². The van der Waals surface area contributed by atoms with E-state index in [2.05, 4.69) is 41.5 Å². The van der Waals surface area contributed by atoms with Gasteiger partial charge >= 0.3 is 0 Å². The van der Waals surface area contributed by atoms with E-state index < -0.39 is 6.10 Å². The molecule has 2 aromatic carbocycles. The molecule has 1 aliphatic heterocycles. The Kier molecular flexibility index (Phi) is 9.89. The standard InChI is InChI=1S/C27H39N3O4/c1-27(2,29-20-25(32)23-7-9-24(31)10-8-23)19-22-6-3-5-21(17-22)18-26(33)28-11-4-12-30-13-15-34-16-14-30/h3,5-10,17,25,29,31-32H,4,11-16,18-20H2,1-2H3,(H,28,33). The van der Waals surface area contributed by atoms with Crippen molar-refractivity contribution < 1.29 is 19.7 Å². The number of aliphatic hydroxyl groups is 1. The van der Waals surface area contributed by atoms with Crippen LogP contribution in [0.15, 0.2) is 48.5 Å². The zero-order valence-corrected chi connectivity index (χ0v) is 20.4. The van der Waals surface area contributed by atoms with E-state index in [-0.39, 0.29) is 17.2 Å². The Bertz CT molecular complexity index is 895. The number of phenolic OH excluding ortho intramolecular Hbond substituents is 1. The Labute approximate surface area is 203 Å². The van der Waals surface area contributed by atoms with Crippen LogP contribution in [0.2, 0.25) is 0 Å². The van der Waals surface area contributed by atoms with Gasteiger partial charge in [0.1, 0.15) is 5.75 Å². The van der Waals surface area contributed by atoms with E-state index in [1.807, 2.05) is 12.1 Å². The lowest BCUT2D eigenvalue weighted by molar-refractivity contribution is -0.120. The number of nitrogens with zero attached hydrogens (tertiary/aromatic N) is 1. The first-order valence-corrected chi connectivity index (χ1v) is 12.2. The maximum absolute atomic E-state index is 12.4. The number of carbonyl (C=O) groups is 1. The number of aliphatic hydroxyl groups excluding tert-OH is 1. The highest BCUT2D eigenvalue weighted by Crippen LogP contribution is 2.19. The molecule has 4 N–H and O–H groups in total. The highest BCUT2D eigenvalue weighted by Gasteiger charge is 2.20. The third-order valence-electron chi connectivity index (χ3n) is 6.13. The van der Waals surface area contributed by atoms with Crippen molar-refractivity contribution in [3.63, 3.8) is 0 Å². The number of nitrogens with one attached hydrogen (secondary N) is 2. The fraction of sp³-hybridized carbons (Fsp3) is 0.519. The summed E-state index contributed by atoms with van der Waals surface area (Å²) in [7, 11) is 0. The van der Waals surface area contributed by atoms with Crippen LogP contribution in [0.4, 0.5) is 0 Å². The molecule has 1 heterocycles. The molecule has 0 aromatic heterocycles. The molecule has 0 aliphatic carbocycles. The third-order valence-corrected chi connectivity index (χ3v) is 6.13. The molecule has 0 radical (unpaired) electrons. The molecule has 1 aliphatic rings. The van der Waals surface area contributed by atoms with Gasteiger partial charge in [-0.1, -0.05) is 36.4 Å². The van der Waals surface area contributed by atoms with Gasteiger partial charge < -0.3 is 25.6 Å². The van der Waals surface area contributed by atoms with Crippen molar-refractivity contribution in [3.05, 3.63) is 65.2 Å². The van der Waals surface area contributed by atoms with Crippen molar-refractivity contribution in [2.75, 3.05) is 45.9 Å². The van der Waals surface area contributed by atoms with Crippen molar-refractivity contribution in [3.8, 4) is 5.75 Å². The predicted molar refractivity (Wildman–Crippen MR) is 134 cm³/mol. The highest BCUT2D eigenvalue weighted by molar-refractivity contribution is 5.78. The minimum atomic E-state index is -0.654. The lowest BCUT2D eigenvalue weighted by atomic mass is 9.93. The summed E-state index contributed by atoms with van der Waals surface area (Å²) in [5.41, 5.74) is 2.68. The number of β-amino-alcohol motifs (C(OH)–C–C–N with tert-alkyl or cyclic N) is 1. The second-order valence-electron chi connectivity index (χ2n) is 9.70. The number of amides is 1. The largest absolute Gasteiger partial charge is 0.508 e. The summed E-state index contributed by atoms with van der Waals surface area (Å²) in [6.45, 7) is 9.84. The summed E-state index contributed by atoms with van der Waals surface area (Å²) in [5.74, 6) is 0.235. The van der Waals surface area contributed by atoms with Crippen LogP contribution < -0.4 is 10.6 Å². The second kappa shape index (κ2) is 12.9. The van der Waals surface area contributed by atoms with Gasteiger partial charge in [-0.15, -0.1) is 0 Å².